The summed E-state index contributed by atoms with van der Waals surface area (Å²) < 4.78 is 17.4. The Morgan fingerprint density at radius 3 is 2.60 bits per heavy atom. The van der Waals surface area contributed by atoms with Gasteiger partial charge < -0.3 is 14.2 Å². The zero-order valence-electron chi connectivity index (χ0n) is 12.6. The average Bonchev–Trinajstić information content (AvgIpc) is 3.00. The van der Waals surface area contributed by atoms with E-state index in [1.54, 1.807) is 0 Å². The number of ether oxygens (including phenoxy) is 3. The van der Waals surface area contributed by atoms with Gasteiger partial charge in [-0.15, -0.1) is 0 Å². The van der Waals surface area contributed by atoms with Crippen molar-refractivity contribution in [2.24, 2.45) is 0 Å². The monoisotopic (exact) mass is 280 g/mol. The fourth-order valence-electron chi connectivity index (χ4n) is 2.94. The van der Waals surface area contributed by atoms with Crippen LogP contribution in [0.5, 0.6) is 0 Å². The first-order valence-corrected chi connectivity index (χ1v) is 7.52. The van der Waals surface area contributed by atoms with E-state index in [2.05, 4.69) is 6.92 Å². The molecule has 112 valence electrons. The summed E-state index contributed by atoms with van der Waals surface area (Å²) in [6.45, 7) is 7.06. The van der Waals surface area contributed by atoms with E-state index in [1.807, 2.05) is 26.0 Å². The van der Waals surface area contributed by atoms with Crippen molar-refractivity contribution in [1.29, 1.82) is 0 Å². The largest absolute Gasteiger partial charge is 0.354 e. The minimum atomic E-state index is -0.551. The minimum Gasteiger partial charge on any atom is -0.354 e. The van der Waals surface area contributed by atoms with Gasteiger partial charge in [-0.05, 0) is 26.3 Å². The topological polar surface area (TPSA) is 44.8 Å². The van der Waals surface area contributed by atoms with Crippen LogP contribution in [0, 0.1) is 0 Å². The Balaban J connectivity index is 2.30. The summed E-state index contributed by atoms with van der Waals surface area (Å²) in [6.07, 6.45) is 7.22. The molecule has 0 fully saturated rings. The lowest BCUT2D eigenvalue weighted by Gasteiger charge is -2.25. The van der Waals surface area contributed by atoms with Crippen LogP contribution in [0.4, 0.5) is 0 Å². The van der Waals surface area contributed by atoms with Gasteiger partial charge in [-0.1, -0.05) is 25.8 Å². The lowest BCUT2D eigenvalue weighted by atomic mass is 9.84. The molecule has 2 heterocycles. The summed E-state index contributed by atoms with van der Waals surface area (Å²) in [4.78, 5) is 11.6. The van der Waals surface area contributed by atoms with Crippen LogP contribution in [0.3, 0.4) is 0 Å². The number of unbranched alkanes of at least 4 members (excludes halogenated alkanes) is 1. The number of hydrogen-bond acceptors (Lipinski definition) is 4. The second-order valence-electron chi connectivity index (χ2n) is 5.12. The van der Waals surface area contributed by atoms with Gasteiger partial charge >= 0.3 is 0 Å². The number of rotatable bonds is 9. The van der Waals surface area contributed by atoms with Gasteiger partial charge in [0.25, 0.3) is 0 Å². The van der Waals surface area contributed by atoms with Crippen LogP contribution in [-0.2, 0) is 19.0 Å². The van der Waals surface area contributed by atoms with Gasteiger partial charge in [0.05, 0.1) is 0 Å². The highest BCUT2D eigenvalue weighted by molar-refractivity contribution is 5.82. The van der Waals surface area contributed by atoms with E-state index in [1.165, 1.54) is 0 Å². The molecule has 0 unspecified atom stereocenters. The van der Waals surface area contributed by atoms with Gasteiger partial charge in [0, 0.05) is 24.4 Å². The number of hydrogen-bond donors (Lipinski definition) is 0. The first-order valence-electron chi connectivity index (χ1n) is 7.52. The third kappa shape index (κ3) is 2.60. The molecule has 0 saturated carbocycles. The quantitative estimate of drug-likeness (QED) is 0.370. The summed E-state index contributed by atoms with van der Waals surface area (Å²) in [5, 5.41) is 0. The Labute approximate surface area is 120 Å². The van der Waals surface area contributed by atoms with E-state index in [-0.39, 0.29) is 6.10 Å². The SMILES string of the molecule is CCCC[C@]12C=C[C@H](O1)C(C(OCC)OCC)=C2C=O. The molecule has 20 heavy (non-hydrogen) atoms. The maximum Gasteiger partial charge on any atom is 0.183 e. The van der Waals surface area contributed by atoms with Crippen molar-refractivity contribution in [2.45, 2.75) is 58.0 Å². The van der Waals surface area contributed by atoms with E-state index < -0.39 is 11.9 Å². The molecule has 0 aliphatic carbocycles. The minimum absolute atomic E-state index is 0.185. The Bertz CT molecular complexity index is 407. The molecule has 2 rings (SSSR count). The van der Waals surface area contributed by atoms with E-state index in [0.29, 0.717) is 18.8 Å². The van der Waals surface area contributed by atoms with Crippen LogP contribution >= 0.6 is 0 Å². The molecule has 0 amide bonds. The van der Waals surface area contributed by atoms with Crippen molar-refractivity contribution >= 4 is 6.29 Å². The molecule has 4 nitrogen and oxygen atoms in total. The molecule has 2 aliphatic rings. The molecular formula is C16H24O4. The van der Waals surface area contributed by atoms with E-state index in [4.69, 9.17) is 14.2 Å². The fraction of sp³-hybridized carbons (Fsp3) is 0.688. The van der Waals surface area contributed by atoms with Gasteiger partial charge in [0.1, 0.15) is 18.0 Å². The predicted molar refractivity (Wildman–Crippen MR) is 76.4 cm³/mol. The summed E-state index contributed by atoms with van der Waals surface area (Å²) in [5.74, 6) is 0. The van der Waals surface area contributed by atoms with E-state index >= 15 is 0 Å². The molecule has 4 heteroatoms. The maximum atomic E-state index is 11.6. The first kappa shape index (κ1) is 15.4. The van der Waals surface area contributed by atoms with Crippen molar-refractivity contribution in [3.8, 4) is 0 Å². The third-order valence-electron chi connectivity index (χ3n) is 3.86. The van der Waals surface area contributed by atoms with E-state index in [9.17, 15) is 4.79 Å². The van der Waals surface area contributed by atoms with Crippen molar-refractivity contribution in [3.63, 3.8) is 0 Å². The Morgan fingerprint density at radius 1 is 1.35 bits per heavy atom. The lowest BCUT2D eigenvalue weighted by Crippen LogP contribution is -2.29. The summed E-state index contributed by atoms with van der Waals surface area (Å²) in [7, 11) is 0. The zero-order valence-corrected chi connectivity index (χ0v) is 12.6. The second kappa shape index (κ2) is 6.66. The molecule has 0 aromatic heterocycles. The first-order chi connectivity index (χ1) is 9.72. The standard InChI is InChI=1S/C16H24O4/c1-4-7-9-16-10-8-13(20-16)14(12(16)11-17)15(18-5-2)19-6-3/h8,10-11,13,15H,4-7,9H2,1-3H3/t13-,16+/m0/s1. The van der Waals surface area contributed by atoms with Crippen LogP contribution in [0.25, 0.3) is 0 Å². The Hall–Kier alpha value is -0.970. The molecule has 0 aromatic carbocycles. The predicted octanol–water partition coefficient (Wildman–Crippen LogP) is 2.78. The summed E-state index contributed by atoms with van der Waals surface area (Å²) in [6, 6.07) is 0. The van der Waals surface area contributed by atoms with Crippen molar-refractivity contribution in [1.82, 2.24) is 0 Å². The normalized spacial score (nSPS) is 27.9. The highest BCUT2D eigenvalue weighted by Gasteiger charge is 2.50. The second-order valence-corrected chi connectivity index (χ2v) is 5.12. The van der Waals surface area contributed by atoms with Crippen molar-refractivity contribution < 1.29 is 19.0 Å². The summed E-state index contributed by atoms with van der Waals surface area (Å²) >= 11 is 0. The molecule has 0 aromatic rings. The van der Waals surface area contributed by atoms with Gasteiger partial charge in [-0.3, -0.25) is 4.79 Å². The number of carbonyl (C=O) groups excluding carboxylic acids is 1. The molecule has 0 spiro atoms. The van der Waals surface area contributed by atoms with Crippen LogP contribution in [-0.4, -0.2) is 37.5 Å². The summed E-state index contributed by atoms with van der Waals surface area (Å²) in [5.41, 5.74) is 0.997. The number of aldehydes is 1. The molecule has 2 atom stereocenters. The Kier molecular flexibility index (Phi) is 5.13. The van der Waals surface area contributed by atoms with Crippen LogP contribution < -0.4 is 0 Å². The van der Waals surface area contributed by atoms with Crippen molar-refractivity contribution in [3.05, 3.63) is 23.3 Å². The maximum absolute atomic E-state index is 11.6. The number of carbonyl (C=O) groups is 1. The Morgan fingerprint density at radius 2 is 2.05 bits per heavy atom. The van der Waals surface area contributed by atoms with Gasteiger partial charge in [0.15, 0.2) is 6.29 Å². The van der Waals surface area contributed by atoms with Gasteiger partial charge in [-0.2, -0.15) is 0 Å². The molecule has 2 bridgehead atoms. The van der Waals surface area contributed by atoms with Crippen LogP contribution in [0.2, 0.25) is 0 Å². The smallest absolute Gasteiger partial charge is 0.183 e. The van der Waals surface area contributed by atoms with Gasteiger partial charge in [-0.25, -0.2) is 0 Å². The highest BCUT2D eigenvalue weighted by Crippen LogP contribution is 2.46. The average molecular weight is 280 g/mol. The third-order valence-corrected chi connectivity index (χ3v) is 3.86. The van der Waals surface area contributed by atoms with Crippen LogP contribution in [0.15, 0.2) is 23.3 Å². The van der Waals surface area contributed by atoms with E-state index in [0.717, 1.165) is 31.1 Å². The fourth-order valence-corrected chi connectivity index (χ4v) is 2.94. The number of fused-ring (bicyclic) bond motifs is 2. The lowest BCUT2D eigenvalue weighted by molar-refractivity contribution is -0.118. The molecule has 0 radical (unpaired) electrons. The highest BCUT2D eigenvalue weighted by atomic mass is 16.7. The van der Waals surface area contributed by atoms with Crippen molar-refractivity contribution in [2.75, 3.05) is 13.2 Å². The van der Waals surface area contributed by atoms with Crippen LogP contribution in [0.1, 0.15) is 40.0 Å². The molecule has 0 saturated heterocycles. The molecule has 0 N–H and O–H groups in total. The molecule has 2 aliphatic heterocycles. The zero-order chi connectivity index (χ0) is 14.6. The van der Waals surface area contributed by atoms with Gasteiger partial charge in [0.2, 0.25) is 0 Å². The molecular weight excluding hydrogens is 256 g/mol.